The van der Waals surface area contributed by atoms with E-state index in [-0.39, 0.29) is 11.9 Å². The number of hydrogen-bond acceptors (Lipinski definition) is 3. The second kappa shape index (κ2) is 7.11. The van der Waals surface area contributed by atoms with Crippen molar-refractivity contribution in [3.05, 3.63) is 84.0 Å². The van der Waals surface area contributed by atoms with Crippen LogP contribution in [0, 0.1) is 6.92 Å². The molecule has 2 heterocycles. The molecule has 5 heteroatoms. The van der Waals surface area contributed by atoms with Crippen LogP contribution >= 0.6 is 0 Å². The molecule has 1 fully saturated rings. The number of carbonyl (C=O) groups excluding carboxylic acids is 1. The molecule has 1 aliphatic rings. The summed E-state index contributed by atoms with van der Waals surface area (Å²) in [6.07, 6.45) is 7.16. The highest BCUT2D eigenvalue weighted by atomic mass is 16.5. The monoisotopic (exact) mass is 359 g/mol. The van der Waals surface area contributed by atoms with Crippen LogP contribution in [0.5, 0.6) is 5.75 Å². The average molecular weight is 359 g/mol. The van der Waals surface area contributed by atoms with Crippen LogP contribution in [0.15, 0.2) is 67.1 Å². The predicted molar refractivity (Wildman–Crippen MR) is 105 cm³/mol. The number of methoxy groups -OCH3 is 1. The van der Waals surface area contributed by atoms with Crippen LogP contribution in [0.2, 0.25) is 0 Å². The molecule has 2 aromatic carbocycles. The minimum absolute atomic E-state index is 0.0251. The topological polar surface area (TPSA) is 47.1 Å². The highest BCUT2D eigenvalue weighted by Crippen LogP contribution is 2.34. The van der Waals surface area contributed by atoms with Crippen LogP contribution in [-0.4, -0.2) is 34.0 Å². The van der Waals surface area contributed by atoms with Crippen molar-refractivity contribution in [1.82, 2.24) is 14.5 Å². The maximum atomic E-state index is 12.4. The Balaban J connectivity index is 1.47. The molecule has 3 aromatic rings. The van der Waals surface area contributed by atoms with Crippen molar-refractivity contribution in [2.75, 3.05) is 13.7 Å². The summed E-state index contributed by atoms with van der Waals surface area (Å²) >= 11 is 0. The first kappa shape index (κ1) is 17.1. The smallest absolute Gasteiger partial charge is 0.247 e. The van der Waals surface area contributed by atoms with E-state index in [4.69, 9.17) is 4.74 Å². The minimum atomic E-state index is 0.0251. The van der Waals surface area contributed by atoms with Gasteiger partial charge in [-0.1, -0.05) is 36.4 Å². The van der Waals surface area contributed by atoms with Crippen LogP contribution in [0.4, 0.5) is 0 Å². The summed E-state index contributed by atoms with van der Waals surface area (Å²) < 4.78 is 7.44. The highest BCUT2D eigenvalue weighted by molar-refractivity contribution is 5.93. The van der Waals surface area contributed by atoms with Crippen molar-refractivity contribution in [3.63, 3.8) is 0 Å². The van der Waals surface area contributed by atoms with E-state index in [0.29, 0.717) is 0 Å². The molecular weight excluding hydrogens is 338 g/mol. The fraction of sp³-hybridized carbons (Fsp3) is 0.182. The van der Waals surface area contributed by atoms with Gasteiger partial charge in [0.25, 0.3) is 0 Å². The first-order valence-corrected chi connectivity index (χ1v) is 8.88. The van der Waals surface area contributed by atoms with Gasteiger partial charge < -0.3 is 14.2 Å². The molecule has 1 atom stereocenters. The standard InChI is InChI=1S/C22H21N3O2/c1-16-13-24(15-23-16)19-10-8-17(12-21(19)27-2)9-11-22(26)25-14-20(25)18-6-4-3-5-7-18/h3-13,15,20H,14H2,1-2H3/t20-,25?/m0/s1. The van der Waals surface area contributed by atoms with Gasteiger partial charge in [-0.05, 0) is 36.3 Å². The van der Waals surface area contributed by atoms with E-state index in [1.807, 2.05) is 65.1 Å². The first-order valence-electron chi connectivity index (χ1n) is 8.88. The number of hydrogen-bond donors (Lipinski definition) is 0. The van der Waals surface area contributed by atoms with Crippen molar-refractivity contribution in [1.29, 1.82) is 0 Å². The first-order chi connectivity index (χ1) is 13.2. The Bertz CT molecular complexity index is 992. The van der Waals surface area contributed by atoms with E-state index < -0.39 is 0 Å². The Morgan fingerprint density at radius 1 is 1.22 bits per heavy atom. The molecule has 0 N–H and O–H groups in total. The van der Waals surface area contributed by atoms with Gasteiger partial charge in [0, 0.05) is 18.8 Å². The zero-order valence-electron chi connectivity index (χ0n) is 15.4. The second-order valence-corrected chi connectivity index (χ2v) is 6.60. The van der Waals surface area contributed by atoms with Crippen molar-refractivity contribution in [2.24, 2.45) is 0 Å². The SMILES string of the molecule is COc1cc(C=CC(=O)N2C[C@H]2c2ccccc2)ccc1-n1cnc(C)c1. The Labute approximate surface area is 158 Å². The Morgan fingerprint density at radius 2 is 2.04 bits per heavy atom. The van der Waals surface area contributed by atoms with Gasteiger partial charge in [0.2, 0.25) is 5.91 Å². The number of amides is 1. The highest BCUT2D eigenvalue weighted by Gasteiger charge is 2.38. The third-order valence-corrected chi connectivity index (χ3v) is 4.69. The maximum absolute atomic E-state index is 12.4. The van der Waals surface area contributed by atoms with Crippen LogP contribution in [0.1, 0.15) is 22.9 Å². The van der Waals surface area contributed by atoms with Gasteiger partial charge in [-0.2, -0.15) is 0 Å². The molecule has 1 aliphatic heterocycles. The minimum Gasteiger partial charge on any atom is -0.495 e. The molecular formula is C22H21N3O2. The van der Waals surface area contributed by atoms with Gasteiger partial charge >= 0.3 is 0 Å². The molecule has 27 heavy (non-hydrogen) atoms. The number of aryl methyl sites for hydroxylation is 1. The van der Waals surface area contributed by atoms with Crippen LogP contribution in [-0.2, 0) is 4.79 Å². The maximum Gasteiger partial charge on any atom is 0.247 e. The Kier molecular flexibility index (Phi) is 4.50. The predicted octanol–water partition coefficient (Wildman–Crippen LogP) is 3.79. The lowest BCUT2D eigenvalue weighted by molar-refractivity contribution is -0.121. The third-order valence-electron chi connectivity index (χ3n) is 4.69. The summed E-state index contributed by atoms with van der Waals surface area (Å²) in [5.41, 5.74) is 3.95. The lowest BCUT2D eigenvalue weighted by atomic mass is 10.1. The summed E-state index contributed by atoms with van der Waals surface area (Å²) in [5, 5.41) is 0. The number of nitrogens with zero attached hydrogens (tertiary/aromatic N) is 3. The van der Waals surface area contributed by atoms with Gasteiger partial charge in [-0.3, -0.25) is 4.79 Å². The quantitative estimate of drug-likeness (QED) is 0.514. The fourth-order valence-electron chi connectivity index (χ4n) is 3.17. The summed E-state index contributed by atoms with van der Waals surface area (Å²) in [6, 6.07) is 16.2. The van der Waals surface area contributed by atoms with Crippen molar-refractivity contribution >= 4 is 12.0 Å². The van der Waals surface area contributed by atoms with Crippen molar-refractivity contribution in [3.8, 4) is 11.4 Å². The van der Waals surface area contributed by atoms with Gasteiger partial charge in [-0.15, -0.1) is 0 Å². The van der Waals surface area contributed by atoms with E-state index in [2.05, 4.69) is 17.1 Å². The largest absolute Gasteiger partial charge is 0.495 e. The molecule has 0 bridgehead atoms. The van der Waals surface area contributed by atoms with Crippen molar-refractivity contribution in [2.45, 2.75) is 13.0 Å². The second-order valence-electron chi connectivity index (χ2n) is 6.60. The zero-order valence-corrected chi connectivity index (χ0v) is 15.4. The van der Waals surface area contributed by atoms with Gasteiger partial charge in [0.05, 0.1) is 30.9 Å². The molecule has 1 saturated heterocycles. The molecule has 0 radical (unpaired) electrons. The molecule has 1 aromatic heterocycles. The Hall–Kier alpha value is -3.34. The lowest BCUT2D eigenvalue weighted by Gasteiger charge is -2.10. The molecule has 5 nitrogen and oxygen atoms in total. The van der Waals surface area contributed by atoms with E-state index in [1.165, 1.54) is 5.56 Å². The molecule has 136 valence electrons. The lowest BCUT2D eigenvalue weighted by Crippen LogP contribution is -2.07. The van der Waals surface area contributed by atoms with E-state index >= 15 is 0 Å². The van der Waals surface area contributed by atoms with E-state index in [1.54, 1.807) is 19.5 Å². The summed E-state index contributed by atoms with van der Waals surface area (Å²) in [4.78, 5) is 18.5. The number of benzene rings is 2. The van der Waals surface area contributed by atoms with Gasteiger partial charge in [0.1, 0.15) is 5.75 Å². The normalized spacial score (nSPS) is 15.9. The number of imidazole rings is 1. The van der Waals surface area contributed by atoms with Gasteiger partial charge in [-0.25, -0.2) is 4.98 Å². The summed E-state index contributed by atoms with van der Waals surface area (Å²) in [5.74, 6) is 0.757. The molecule has 0 saturated carbocycles. The molecule has 1 amide bonds. The van der Waals surface area contributed by atoms with Gasteiger partial charge in [0.15, 0.2) is 0 Å². The molecule has 0 aliphatic carbocycles. The third kappa shape index (κ3) is 3.62. The van der Waals surface area contributed by atoms with Crippen molar-refractivity contribution < 1.29 is 9.53 Å². The van der Waals surface area contributed by atoms with Crippen LogP contribution in [0.3, 0.4) is 0 Å². The van der Waals surface area contributed by atoms with E-state index in [0.717, 1.165) is 29.2 Å². The fourth-order valence-corrected chi connectivity index (χ4v) is 3.17. The number of carbonyl (C=O) groups is 1. The molecule has 0 spiro atoms. The number of rotatable bonds is 5. The summed E-state index contributed by atoms with van der Waals surface area (Å²) in [6.45, 7) is 2.72. The molecule has 0 unspecified atom stereocenters. The van der Waals surface area contributed by atoms with Crippen LogP contribution < -0.4 is 4.74 Å². The number of ether oxygens (including phenoxy) is 1. The zero-order chi connectivity index (χ0) is 18.8. The Morgan fingerprint density at radius 3 is 2.74 bits per heavy atom. The van der Waals surface area contributed by atoms with Crippen LogP contribution in [0.25, 0.3) is 11.8 Å². The average Bonchev–Trinajstić information content (AvgIpc) is 3.40. The number of aromatic nitrogens is 2. The van der Waals surface area contributed by atoms with E-state index in [9.17, 15) is 4.79 Å². The summed E-state index contributed by atoms with van der Waals surface area (Å²) in [7, 11) is 1.64. The molecule has 4 rings (SSSR count).